The fourth-order valence-corrected chi connectivity index (χ4v) is 3.39. The number of rotatable bonds is 8. The van der Waals surface area contributed by atoms with Gasteiger partial charge in [-0.05, 0) is 43.2 Å². The third kappa shape index (κ3) is 5.16. The van der Waals surface area contributed by atoms with Crippen molar-refractivity contribution >= 4 is 22.7 Å². The van der Waals surface area contributed by atoms with Crippen LogP contribution in [-0.4, -0.2) is 29.4 Å². The zero-order valence-corrected chi connectivity index (χ0v) is 17.0. The van der Waals surface area contributed by atoms with Crippen molar-refractivity contribution in [3.8, 4) is 5.75 Å². The number of fused-ring (bicyclic) bond motifs is 1. The third-order valence-corrected chi connectivity index (χ3v) is 4.84. The number of aromatic amines is 1. The molecule has 2 atom stereocenters. The normalized spacial score (nSPS) is 12.9. The summed E-state index contributed by atoms with van der Waals surface area (Å²) in [6, 6.07) is 14.7. The monoisotopic (exact) mass is 393 g/mol. The van der Waals surface area contributed by atoms with Crippen molar-refractivity contribution in [2.45, 2.75) is 39.3 Å². The summed E-state index contributed by atoms with van der Waals surface area (Å²) in [5, 5.41) is 6.84. The van der Waals surface area contributed by atoms with Crippen LogP contribution in [0.15, 0.2) is 54.7 Å². The molecule has 152 valence electrons. The number of nitrogens with one attached hydrogen (secondary N) is 3. The summed E-state index contributed by atoms with van der Waals surface area (Å²) in [7, 11) is 0. The predicted octanol–water partition coefficient (Wildman–Crippen LogP) is 3.49. The van der Waals surface area contributed by atoms with Crippen LogP contribution >= 0.6 is 0 Å². The summed E-state index contributed by atoms with van der Waals surface area (Å²) >= 11 is 0. The molecule has 3 rings (SSSR count). The summed E-state index contributed by atoms with van der Waals surface area (Å²) in [6.45, 7) is 5.89. The lowest BCUT2D eigenvalue weighted by molar-refractivity contribution is -0.128. The van der Waals surface area contributed by atoms with Crippen molar-refractivity contribution in [3.63, 3.8) is 0 Å². The lowest BCUT2D eigenvalue weighted by Crippen LogP contribution is -2.47. The topological polar surface area (TPSA) is 83.2 Å². The Morgan fingerprint density at radius 2 is 1.79 bits per heavy atom. The first kappa shape index (κ1) is 20.5. The van der Waals surface area contributed by atoms with Gasteiger partial charge in [-0.3, -0.25) is 9.59 Å². The van der Waals surface area contributed by atoms with Crippen LogP contribution in [0.3, 0.4) is 0 Å². The van der Waals surface area contributed by atoms with Crippen molar-refractivity contribution < 1.29 is 14.3 Å². The van der Waals surface area contributed by atoms with Gasteiger partial charge < -0.3 is 20.4 Å². The highest BCUT2D eigenvalue weighted by Gasteiger charge is 2.23. The molecular weight excluding hydrogens is 366 g/mol. The van der Waals surface area contributed by atoms with Gasteiger partial charge in [-0.15, -0.1) is 0 Å². The van der Waals surface area contributed by atoms with Crippen LogP contribution < -0.4 is 15.4 Å². The average molecular weight is 393 g/mol. The minimum absolute atomic E-state index is 0.197. The van der Waals surface area contributed by atoms with E-state index < -0.39 is 6.04 Å². The number of para-hydroxylation sites is 1. The minimum atomic E-state index is -0.656. The summed E-state index contributed by atoms with van der Waals surface area (Å²) in [6.07, 6.45) is 2.30. The average Bonchev–Trinajstić information content (AvgIpc) is 3.11. The summed E-state index contributed by atoms with van der Waals surface area (Å²) < 4.78 is 5.46. The molecule has 1 heterocycles. The van der Waals surface area contributed by atoms with Gasteiger partial charge in [-0.25, -0.2) is 0 Å². The van der Waals surface area contributed by atoms with E-state index in [2.05, 4.69) is 15.6 Å². The Balaban J connectivity index is 1.72. The van der Waals surface area contributed by atoms with Gasteiger partial charge in [0, 0.05) is 30.4 Å². The van der Waals surface area contributed by atoms with E-state index in [0.717, 1.165) is 27.8 Å². The van der Waals surface area contributed by atoms with E-state index in [4.69, 9.17) is 4.74 Å². The molecule has 2 unspecified atom stereocenters. The van der Waals surface area contributed by atoms with Gasteiger partial charge in [0.2, 0.25) is 11.8 Å². The van der Waals surface area contributed by atoms with E-state index in [-0.39, 0.29) is 17.9 Å². The van der Waals surface area contributed by atoms with E-state index in [0.29, 0.717) is 13.0 Å². The van der Waals surface area contributed by atoms with Gasteiger partial charge in [-0.2, -0.15) is 0 Å². The highest BCUT2D eigenvalue weighted by atomic mass is 16.5. The summed E-state index contributed by atoms with van der Waals surface area (Å²) in [5.74, 6) is 0.343. The molecule has 0 aliphatic carbocycles. The predicted molar refractivity (Wildman–Crippen MR) is 114 cm³/mol. The summed E-state index contributed by atoms with van der Waals surface area (Å²) in [4.78, 5) is 27.8. The van der Waals surface area contributed by atoms with Gasteiger partial charge in [0.05, 0.1) is 12.6 Å². The van der Waals surface area contributed by atoms with Crippen LogP contribution in [0.25, 0.3) is 10.9 Å². The van der Waals surface area contributed by atoms with Crippen LogP contribution in [0.1, 0.15) is 37.9 Å². The van der Waals surface area contributed by atoms with Gasteiger partial charge >= 0.3 is 0 Å². The van der Waals surface area contributed by atoms with Gasteiger partial charge in [-0.1, -0.05) is 30.3 Å². The molecule has 3 N–H and O–H groups in total. The first-order chi connectivity index (χ1) is 14.0. The molecule has 0 radical (unpaired) electrons. The molecule has 1 aromatic heterocycles. The number of carbonyl (C=O) groups is 2. The lowest BCUT2D eigenvalue weighted by atomic mass is 10.0. The largest absolute Gasteiger partial charge is 0.494 e. The first-order valence-electron chi connectivity index (χ1n) is 9.83. The molecule has 29 heavy (non-hydrogen) atoms. The van der Waals surface area contributed by atoms with Crippen LogP contribution in [-0.2, 0) is 16.0 Å². The van der Waals surface area contributed by atoms with Crippen molar-refractivity contribution in [2.24, 2.45) is 0 Å². The SMILES string of the molecule is CCOc1ccc(C(C)NC(=O)C(Cc2c[nH]c3ccccc23)NC(C)=O)cc1. The fourth-order valence-electron chi connectivity index (χ4n) is 3.39. The molecule has 0 fully saturated rings. The molecule has 2 aromatic carbocycles. The zero-order chi connectivity index (χ0) is 20.8. The Labute approximate surface area is 170 Å². The smallest absolute Gasteiger partial charge is 0.243 e. The number of carbonyl (C=O) groups excluding carboxylic acids is 2. The maximum Gasteiger partial charge on any atom is 0.243 e. The molecule has 2 amide bonds. The standard InChI is InChI=1S/C23H27N3O3/c1-4-29-19-11-9-17(10-12-19)15(2)25-23(28)22(26-16(3)27)13-18-14-24-21-8-6-5-7-20(18)21/h5-12,14-15,22,24H,4,13H2,1-3H3,(H,25,28)(H,26,27). The fraction of sp³-hybridized carbons (Fsp3) is 0.304. The maximum atomic E-state index is 12.9. The van der Waals surface area contributed by atoms with Gasteiger partial charge in [0.1, 0.15) is 11.8 Å². The zero-order valence-electron chi connectivity index (χ0n) is 17.0. The Bertz CT molecular complexity index is 978. The van der Waals surface area contributed by atoms with Crippen LogP contribution in [0.2, 0.25) is 0 Å². The third-order valence-electron chi connectivity index (χ3n) is 4.84. The maximum absolute atomic E-state index is 12.9. The minimum Gasteiger partial charge on any atom is -0.494 e. The van der Waals surface area contributed by atoms with E-state index in [1.54, 1.807) is 0 Å². The number of hydrogen-bond acceptors (Lipinski definition) is 3. The van der Waals surface area contributed by atoms with E-state index in [9.17, 15) is 9.59 Å². The molecular formula is C23H27N3O3. The highest BCUT2D eigenvalue weighted by Crippen LogP contribution is 2.20. The molecule has 6 heteroatoms. The van der Waals surface area contributed by atoms with Crippen molar-refractivity contribution in [1.29, 1.82) is 0 Å². The van der Waals surface area contributed by atoms with Gasteiger partial charge in [0.15, 0.2) is 0 Å². The Hall–Kier alpha value is -3.28. The van der Waals surface area contributed by atoms with Gasteiger partial charge in [0.25, 0.3) is 0 Å². The number of benzene rings is 2. The molecule has 0 spiro atoms. The second-order valence-electron chi connectivity index (χ2n) is 7.05. The molecule has 6 nitrogen and oxygen atoms in total. The molecule has 0 aliphatic rings. The van der Waals surface area contributed by atoms with E-state index in [1.807, 2.05) is 68.6 Å². The number of aromatic nitrogens is 1. The Morgan fingerprint density at radius 3 is 2.48 bits per heavy atom. The summed E-state index contributed by atoms with van der Waals surface area (Å²) in [5.41, 5.74) is 2.96. The molecule has 0 saturated heterocycles. The highest BCUT2D eigenvalue weighted by molar-refractivity contribution is 5.89. The number of hydrogen-bond donors (Lipinski definition) is 3. The lowest BCUT2D eigenvalue weighted by Gasteiger charge is -2.21. The van der Waals surface area contributed by atoms with Crippen LogP contribution in [0, 0.1) is 0 Å². The molecule has 3 aromatic rings. The number of H-pyrrole nitrogens is 1. The van der Waals surface area contributed by atoms with Crippen LogP contribution in [0.5, 0.6) is 5.75 Å². The second kappa shape index (κ2) is 9.28. The Morgan fingerprint density at radius 1 is 1.07 bits per heavy atom. The molecule has 0 aliphatic heterocycles. The number of ether oxygens (including phenoxy) is 1. The molecule has 0 bridgehead atoms. The Kier molecular flexibility index (Phi) is 6.54. The van der Waals surface area contributed by atoms with Crippen molar-refractivity contribution in [3.05, 3.63) is 65.9 Å². The van der Waals surface area contributed by atoms with E-state index in [1.165, 1.54) is 6.92 Å². The number of amides is 2. The quantitative estimate of drug-likeness (QED) is 0.548. The molecule has 0 saturated carbocycles. The van der Waals surface area contributed by atoms with E-state index >= 15 is 0 Å². The first-order valence-corrected chi connectivity index (χ1v) is 9.83. The second-order valence-corrected chi connectivity index (χ2v) is 7.05. The van der Waals surface area contributed by atoms with Crippen LogP contribution in [0.4, 0.5) is 0 Å². The van der Waals surface area contributed by atoms with Crippen molar-refractivity contribution in [1.82, 2.24) is 15.6 Å². The van der Waals surface area contributed by atoms with Crippen molar-refractivity contribution in [2.75, 3.05) is 6.61 Å².